The number of rotatable bonds is 5. The van der Waals surface area contributed by atoms with E-state index in [2.05, 4.69) is 25.7 Å². The molecule has 37 heavy (non-hydrogen) atoms. The quantitative estimate of drug-likeness (QED) is 0.245. The van der Waals surface area contributed by atoms with Crippen LogP contribution in [0.2, 0.25) is 0 Å². The molecule has 0 radical (unpaired) electrons. The number of aromatic nitrogens is 4. The van der Waals surface area contributed by atoms with Crippen molar-refractivity contribution in [3.8, 4) is 17.2 Å². The van der Waals surface area contributed by atoms with Gasteiger partial charge in [-0.05, 0) is 43.3 Å². The molecule has 3 aromatic heterocycles. The number of anilines is 2. The second kappa shape index (κ2) is 9.42. The zero-order valence-electron chi connectivity index (χ0n) is 21.0. The number of amides is 2. The summed E-state index contributed by atoms with van der Waals surface area (Å²) in [5.74, 6) is 0.690. The molecule has 0 aliphatic heterocycles. The van der Waals surface area contributed by atoms with Gasteiger partial charge in [0.1, 0.15) is 28.8 Å². The number of aryl methyl sites for hydroxylation is 1. The lowest BCUT2D eigenvalue weighted by Crippen LogP contribution is -2.21. The first kappa shape index (κ1) is 24.1. The number of H-pyrrole nitrogens is 1. The Morgan fingerprint density at radius 1 is 1.03 bits per heavy atom. The molecule has 3 heterocycles. The van der Waals surface area contributed by atoms with Gasteiger partial charge in [-0.2, -0.15) is 5.10 Å². The fourth-order valence-electron chi connectivity index (χ4n) is 3.88. The number of urea groups is 1. The number of hydrogen-bond acceptors (Lipinski definition) is 4. The summed E-state index contributed by atoms with van der Waals surface area (Å²) in [6.45, 7) is 8.05. The summed E-state index contributed by atoms with van der Waals surface area (Å²) in [6.07, 6.45) is 1.62. The topological polar surface area (TPSA) is 96.9 Å². The highest BCUT2D eigenvalue weighted by molar-refractivity contribution is 5.99. The molecule has 2 aromatic carbocycles. The first-order valence-corrected chi connectivity index (χ1v) is 11.8. The van der Waals surface area contributed by atoms with Crippen LogP contribution in [0.1, 0.15) is 32.2 Å². The fraction of sp³-hybridized carbons (Fsp3) is 0.179. The summed E-state index contributed by atoms with van der Waals surface area (Å²) in [4.78, 5) is 20.2. The number of para-hydroxylation sites is 1. The molecular formula is C28H27FN6O2. The minimum atomic E-state index is -0.629. The van der Waals surface area contributed by atoms with Gasteiger partial charge in [0.25, 0.3) is 0 Å². The predicted molar refractivity (Wildman–Crippen MR) is 142 cm³/mol. The second-order valence-electron chi connectivity index (χ2n) is 9.76. The number of aromatic amines is 1. The molecule has 5 aromatic rings. The summed E-state index contributed by atoms with van der Waals surface area (Å²) < 4.78 is 22.5. The molecule has 0 saturated carbocycles. The van der Waals surface area contributed by atoms with Gasteiger partial charge in [0, 0.05) is 29.4 Å². The third-order valence-electron chi connectivity index (χ3n) is 5.76. The van der Waals surface area contributed by atoms with Gasteiger partial charge >= 0.3 is 6.03 Å². The molecule has 0 aliphatic carbocycles. The molecule has 0 fully saturated rings. The van der Waals surface area contributed by atoms with E-state index >= 15 is 0 Å². The predicted octanol–water partition coefficient (Wildman–Crippen LogP) is 6.93. The standard InChI is InChI=1S/C28H27FN6O2/c1-17-14-20-23(12-13-30-26(20)31-17)37-19-10-11-22(21(29)15-19)32-27(36)33-25-16-24(28(2,3)4)34-35(25)18-8-6-5-7-9-18/h5-16H,1-4H3,(H,30,31)(H2,32,33,36). The molecule has 2 amide bonds. The fourth-order valence-corrected chi connectivity index (χ4v) is 3.88. The molecule has 0 saturated heterocycles. The lowest BCUT2D eigenvalue weighted by molar-refractivity contribution is 0.262. The summed E-state index contributed by atoms with van der Waals surface area (Å²) >= 11 is 0. The maximum Gasteiger partial charge on any atom is 0.324 e. The van der Waals surface area contributed by atoms with Gasteiger partial charge in [0.2, 0.25) is 0 Å². The van der Waals surface area contributed by atoms with Crippen molar-refractivity contribution in [1.82, 2.24) is 19.7 Å². The van der Waals surface area contributed by atoms with Crippen LogP contribution in [0.5, 0.6) is 11.5 Å². The van der Waals surface area contributed by atoms with E-state index in [0.29, 0.717) is 23.0 Å². The van der Waals surface area contributed by atoms with E-state index in [0.717, 1.165) is 22.5 Å². The first-order valence-electron chi connectivity index (χ1n) is 11.8. The van der Waals surface area contributed by atoms with Gasteiger partial charge in [-0.15, -0.1) is 0 Å². The number of carbonyl (C=O) groups is 1. The van der Waals surface area contributed by atoms with E-state index in [1.54, 1.807) is 23.0 Å². The minimum absolute atomic E-state index is 0.0176. The Balaban J connectivity index is 1.34. The number of carbonyl (C=O) groups excluding carboxylic acids is 1. The monoisotopic (exact) mass is 498 g/mol. The zero-order chi connectivity index (χ0) is 26.2. The lowest BCUT2D eigenvalue weighted by atomic mass is 9.92. The molecule has 9 heteroatoms. The van der Waals surface area contributed by atoms with Crippen LogP contribution in [0.4, 0.5) is 20.7 Å². The minimum Gasteiger partial charge on any atom is -0.456 e. The molecule has 0 spiro atoms. The number of benzene rings is 2. The highest BCUT2D eigenvalue weighted by Gasteiger charge is 2.22. The number of hydrogen-bond donors (Lipinski definition) is 3. The van der Waals surface area contributed by atoms with Crippen molar-refractivity contribution >= 4 is 28.6 Å². The average molecular weight is 499 g/mol. The van der Waals surface area contributed by atoms with Crippen molar-refractivity contribution in [3.05, 3.63) is 90.1 Å². The maximum absolute atomic E-state index is 14.9. The number of nitrogens with zero attached hydrogens (tertiary/aromatic N) is 3. The van der Waals surface area contributed by atoms with Gasteiger partial charge < -0.3 is 15.0 Å². The second-order valence-corrected chi connectivity index (χ2v) is 9.76. The van der Waals surface area contributed by atoms with Gasteiger partial charge in [0.05, 0.1) is 22.5 Å². The molecule has 0 atom stereocenters. The normalized spacial score (nSPS) is 11.5. The van der Waals surface area contributed by atoms with E-state index in [1.165, 1.54) is 12.1 Å². The molecule has 188 valence electrons. The van der Waals surface area contributed by atoms with Crippen molar-refractivity contribution in [2.45, 2.75) is 33.1 Å². The van der Waals surface area contributed by atoms with Crippen LogP contribution in [-0.4, -0.2) is 25.8 Å². The Hall–Kier alpha value is -4.66. The highest BCUT2D eigenvalue weighted by atomic mass is 19.1. The smallest absolute Gasteiger partial charge is 0.324 e. The van der Waals surface area contributed by atoms with Crippen LogP contribution in [0, 0.1) is 12.7 Å². The average Bonchev–Trinajstić information content (AvgIpc) is 3.45. The Labute approximate surface area is 213 Å². The van der Waals surface area contributed by atoms with E-state index in [9.17, 15) is 9.18 Å². The summed E-state index contributed by atoms with van der Waals surface area (Å²) in [5, 5.41) is 10.8. The number of nitrogens with one attached hydrogen (secondary N) is 3. The van der Waals surface area contributed by atoms with Crippen LogP contribution in [-0.2, 0) is 5.41 Å². The molecule has 0 unspecified atom stereocenters. The third-order valence-corrected chi connectivity index (χ3v) is 5.76. The molecule has 5 rings (SSSR count). The van der Waals surface area contributed by atoms with Crippen LogP contribution >= 0.6 is 0 Å². The largest absolute Gasteiger partial charge is 0.456 e. The molecule has 0 bridgehead atoms. The molecule has 3 N–H and O–H groups in total. The van der Waals surface area contributed by atoms with Crippen molar-refractivity contribution < 1.29 is 13.9 Å². The van der Waals surface area contributed by atoms with Gasteiger partial charge in [-0.3, -0.25) is 5.32 Å². The van der Waals surface area contributed by atoms with Gasteiger partial charge in [0.15, 0.2) is 0 Å². The summed E-state index contributed by atoms with van der Waals surface area (Å²) in [6, 6.07) is 18.6. The number of fused-ring (bicyclic) bond motifs is 1. The van der Waals surface area contributed by atoms with Gasteiger partial charge in [-0.25, -0.2) is 18.9 Å². The Kier molecular flexibility index (Phi) is 6.12. The molecule has 0 aliphatic rings. The highest BCUT2D eigenvalue weighted by Crippen LogP contribution is 2.31. The van der Waals surface area contributed by atoms with Gasteiger partial charge in [-0.1, -0.05) is 39.0 Å². The molecule has 8 nitrogen and oxygen atoms in total. The summed E-state index contributed by atoms with van der Waals surface area (Å²) in [5.41, 5.74) is 3.03. The number of pyridine rings is 1. The maximum atomic E-state index is 14.9. The molecular weight excluding hydrogens is 471 g/mol. The van der Waals surface area contributed by atoms with Crippen LogP contribution < -0.4 is 15.4 Å². The zero-order valence-corrected chi connectivity index (χ0v) is 21.0. The first-order chi connectivity index (χ1) is 17.7. The van der Waals surface area contributed by atoms with E-state index in [4.69, 9.17) is 4.74 Å². The Morgan fingerprint density at radius 2 is 1.81 bits per heavy atom. The number of ether oxygens (including phenoxy) is 1. The van der Waals surface area contributed by atoms with E-state index in [-0.39, 0.29) is 11.1 Å². The lowest BCUT2D eigenvalue weighted by Gasteiger charge is -2.14. The van der Waals surface area contributed by atoms with E-state index < -0.39 is 11.8 Å². The number of halogens is 1. The van der Waals surface area contributed by atoms with Crippen LogP contribution in [0.15, 0.2) is 72.9 Å². The third kappa shape index (κ3) is 5.16. The SMILES string of the molecule is Cc1cc2c(Oc3ccc(NC(=O)Nc4cc(C(C)(C)C)nn4-c4ccccc4)c(F)c3)ccnc2[nH]1. The Morgan fingerprint density at radius 3 is 2.54 bits per heavy atom. The van der Waals surface area contributed by atoms with Crippen molar-refractivity contribution in [2.75, 3.05) is 10.6 Å². The van der Waals surface area contributed by atoms with E-state index in [1.807, 2.05) is 70.2 Å². The van der Waals surface area contributed by atoms with Crippen LogP contribution in [0.25, 0.3) is 16.7 Å². The van der Waals surface area contributed by atoms with Crippen LogP contribution in [0.3, 0.4) is 0 Å². The van der Waals surface area contributed by atoms with Crippen molar-refractivity contribution in [3.63, 3.8) is 0 Å². The Bertz CT molecular complexity index is 1580. The van der Waals surface area contributed by atoms with Crippen molar-refractivity contribution in [2.24, 2.45) is 0 Å². The summed E-state index contributed by atoms with van der Waals surface area (Å²) in [7, 11) is 0. The van der Waals surface area contributed by atoms with Crippen molar-refractivity contribution in [1.29, 1.82) is 0 Å².